The van der Waals surface area contributed by atoms with Crippen molar-refractivity contribution in [2.24, 2.45) is 0 Å². The molecule has 2 aromatic heterocycles. The molecule has 8 nitrogen and oxygen atoms in total. The van der Waals surface area contributed by atoms with E-state index < -0.39 is 11.7 Å². The summed E-state index contributed by atoms with van der Waals surface area (Å²) in [4.78, 5) is 0. The van der Waals surface area contributed by atoms with Gasteiger partial charge in [0.1, 0.15) is 11.6 Å². The fourth-order valence-corrected chi connectivity index (χ4v) is 9.00. The molecule has 0 atom stereocenters. The molecule has 0 bridgehead atoms. The summed E-state index contributed by atoms with van der Waals surface area (Å²) < 4.78 is 47.6. The number of benzene rings is 8. The Bertz CT molecular complexity index is 3950. The second kappa shape index (κ2) is 15.5. The number of nitrogens with zero attached hydrogens (tertiary/aromatic N) is 8. The molecule has 306 valence electrons. The van der Waals surface area contributed by atoms with Gasteiger partial charge in [0.15, 0.2) is 0 Å². The molecule has 2 heterocycles. The predicted octanol–water partition coefficient (Wildman–Crippen LogP) is 13.1. The van der Waals surface area contributed by atoms with E-state index >= 15 is 0 Å². The van der Waals surface area contributed by atoms with Gasteiger partial charge in [0.2, 0.25) is 0 Å². The van der Waals surface area contributed by atoms with Gasteiger partial charge < -0.3 is 9.13 Å². The van der Waals surface area contributed by atoms with Gasteiger partial charge >= 0.3 is 6.18 Å². The van der Waals surface area contributed by atoms with Crippen molar-refractivity contribution in [1.29, 1.82) is 31.6 Å². The van der Waals surface area contributed by atoms with Gasteiger partial charge in [-0.1, -0.05) is 66.7 Å². The number of fused-ring (bicyclic) bond motifs is 6. The number of nitriles is 6. The van der Waals surface area contributed by atoms with E-state index in [1.165, 1.54) is 18.2 Å². The summed E-state index contributed by atoms with van der Waals surface area (Å²) in [6.45, 7) is 0. The standard InChI is InChI=1S/C55H25F3N8/c56-55(57,58)42-22-36(30-63)21-41(23-42)43-13-14-51(65-49-7-3-1-5-44(49)46-11-9-37(24-52(46)65)39-17-32(26-59)15-33(18-39)27-60)48(31-64)54(43)66-50-8-4-2-6-45(50)47-12-10-38(25-53(47)66)40-19-34(28-61)16-35(20-40)29-62/h1-25H. The molecule has 10 aromatic rings. The smallest absolute Gasteiger partial charge is 0.308 e. The molecule has 10 rings (SSSR count). The SMILES string of the molecule is N#Cc1cc(C#N)cc(-c2ccc3c4ccccc4n(-c4ccc(-c5cc(C#N)cc(C(F)(F)F)c5)c(-n5c6ccccc6c6ccc(-c7cc(C#N)cc(C#N)c7)cc65)c4C#N)c3c2)c1. The van der Waals surface area contributed by atoms with Crippen molar-refractivity contribution >= 4 is 43.6 Å². The number of rotatable bonds is 5. The van der Waals surface area contributed by atoms with Crippen LogP contribution in [0.25, 0.3) is 88.4 Å². The van der Waals surface area contributed by atoms with Crippen LogP contribution in [0.4, 0.5) is 13.2 Å². The van der Waals surface area contributed by atoms with Crippen LogP contribution in [0.3, 0.4) is 0 Å². The van der Waals surface area contributed by atoms with E-state index in [1.807, 2.05) is 100 Å². The van der Waals surface area contributed by atoms with Crippen molar-refractivity contribution < 1.29 is 13.2 Å². The van der Waals surface area contributed by atoms with Crippen LogP contribution in [0.15, 0.2) is 152 Å². The molecule has 0 aliphatic heterocycles. The van der Waals surface area contributed by atoms with Gasteiger partial charge in [-0.3, -0.25) is 0 Å². The fraction of sp³-hybridized carbons (Fsp3) is 0.0182. The van der Waals surface area contributed by atoms with Gasteiger partial charge in [0, 0.05) is 27.1 Å². The van der Waals surface area contributed by atoms with Crippen LogP contribution < -0.4 is 0 Å². The second-order valence-electron chi connectivity index (χ2n) is 15.6. The average Bonchev–Trinajstić information content (AvgIpc) is 3.86. The topological polar surface area (TPSA) is 153 Å². The average molecular weight is 855 g/mol. The molecule has 0 saturated heterocycles. The zero-order valence-electron chi connectivity index (χ0n) is 34.1. The lowest BCUT2D eigenvalue weighted by Crippen LogP contribution is -2.08. The number of para-hydroxylation sites is 2. The molecule has 0 N–H and O–H groups in total. The molecule has 11 heteroatoms. The number of aromatic nitrogens is 2. The molecule has 0 spiro atoms. The Morgan fingerprint density at radius 2 is 0.803 bits per heavy atom. The summed E-state index contributed by atoms with van der Waals surface area (Å²) in [6, 6.07) is 55.6. The summed E-state index contributed by atoms with van der Waals surface area (Å²) >= 11 is 0. The number of hydrogen-bond donors (Lipinski definition) is 0. The Labute approximate surface area is 374 Å². The Morgan fingerprint density at radius 1 is 0.364 bits per heavy atom. The molecular weight excluding hydrogens is 830 g/mol. The minimum absolute atomic E-state index is 0.0528. The van der Waals surface area contributed by atoms with Crippen molar-refractivity contribution in [2.75, 3.05) is 0 Å². The first-order valence-corrected chi connectivity index (χ1v) is 20.2. The van der Waals surface area contributed by atoms with E-state index in [-0.39, 0.29) is 39.1 Å². The molecule has 0 aliphatic carbocycles. The lowest BCUT2D eigenvalue weighted by molar-refractivity contribution is -0.137. The third kappa shape index (κ3) is 6.51. The van der Waals surface area contributed by atoms with Crippen LogP contribution >= 0.6 is 0 Å². The van der Waals surface area contributed by atoms with Crippen LogP contribution in [0.5, 0.6) is 0 Å². The van der Waals surface area contributed by atoms with E-state index in [4.69, 9.17) is 0 Å². The highest BCUT2D eigenvalue weighted by molar-refractivity contribution is 6.13. The third-order valence-electron chi connectivity index (χ3n) is 11.8. The predicted molar refractivity (Wildman–Crippen MR) is 245 cm³/mol. The van der Waals surface area contributed by atoms with Crippen LogP contribution in [-0.2, 0) is 6.18 Å². The van der Waals surface area contributed by atoms with Crippen molar-refractivity contribution in [1.82, 2.24) is 9.13 Å². The normalized spacial score (nSPS) is 11.2. The van der Waals surface area contributed by atoms with Crippen LogP contribution in [0, 0.1) is 68.0 Å². The van der Waals surface area contributed by atoms with Crippen molar-refractivity contribution in [3.05, 3.63) is 191 Å². The highest BCUT2D eigenvalue weighted by Crippen LogP contribution is 2.44. The number of alkyl halides is 3. The molecule has 0 amide bonds. The summed E-state index contributed by atoms with van der Waals surface area (Å²) in [5.41, 5.74) is 6.10. The molecule has 0 fully saturated rings. The van der Waals surface area contributed by atoms with Crippen LogP contribution in [-0.4, -0.2) is 9.13 Å². The molecule has 8 aromatic carbocycles. The molecule has 0 radical (unpaired) electrons. The van der Waals surface area contributed by atoms with Crippen LogP contribution in [0.1, 0.15) is 38.9 Å². The van der Waals surface area contributed by atoms with Gasteiger partial charge in [-0.15, -0.1) is 0 Å². The molecule has 0 aliphatic rings. The zero-order valence-corrected chi connectivity index (χ0v) is 34.1. The van der Waals surface area contributed by atoms with Gasteiger partial charge in [-0.25, -0.2) is 0 Å². The maximum Gasteiger partial charge on any atom is 0.416 e. The van der Waals surface area contributed by atoms with Gasteiger partial charge in [-0.2, -0.15) is 44.7 Å². The minimum atomic E-state index is -4.80. The molecule has 0 unspecified atom stereocenters. The molecule has 0 saturated carbocycles. The Hall–Kier alpha value is -9.91. The first-order valence-electron chi connectivity index (χ1n) is 20.2. The lowest BCUT2D eigenvalue weighted by Gasteiger charge is -2.21. The number of halogens is 3. The van der Waals surface area contributed by atoms with E-state index in [0.717, 1.165) is 39.2 Å². The quantitative estimate of drug-likeness (QED) is 0.168. The minimum Gasteiger partial charge on any atom is -0.308 e. The van der Waals surface area contributed by atoms with E-state index in [2.05, 4.69) is 30.3 Å². The third-order valence-corrected chi connectivity index (χ3v) is 11.8. The van der Waals surface area contributed by atoms with Gasteiger partial charge in [0.25, 0.3) is 0 Å². The summed E-state index contributed by atoms with van der Waals surface area (Å²) in [5.74, 6) is 0. The maximum atomic E-state index is 14.6. The van der Waals surface area contributed by atoms with E-state index in [0.29, 0.717) is 55.6 Å². The fourth-order valence-electron chi connectivity index (χ4n) is 9.00. The molecular formula is C55H25F3N8. The van der Waals surface area contributed by atoms with E-state index in [9.17, 15) is 44.7 Å². The Kier molecular flexibility index (Phi) is 9.41. The highest BCUT2D eigenvalue weighted by atomic mass is 19.4. The van der Waals surface area contributed by atoms with Gasteiger partial charge in [-0.05, 0) is 113 Å². The van der Waals surface area contributed by atoms with E-state index in [1.54, 1.807) is 36.4 Å². The molecule has 66 heavy (non-hydrogen) atoms. The zero-order chi connectivity index (χ0) is 45.9. The summed E-state index contributed by atoms with van der Waals surface area (Å²) in [7, 11) is 0. The number of hydrogen-bond acceptors (Lipinski definition) is 6. The Balaban J connectivity index is 1.35. The summed E-state index contributed by atoms with van der Waals surface area (Å²) in [6.07, 6.45) is -4.80. The lowest BCUT2D eigenvalue weighted by atomic mass is 9.95. The van der Waals surface area contributed by atoms with Gasteiger partial charge in [0.05, 0.1) is 97.2 Å². The summed E-state index contributed by atoms with van der Waals surface area (Å²) in [5, 5.41) is 64.1. The van der Waals surface area contributed by atoms with Crippen molar-refractivity contribution in [3.63, 3.8) is 0 Å². The monoisotopic (exact) mass is 854 g/mol. The largest absolute Gasteiger partial charge is 0.416 e. The second-order valence-corrected chi connectivity index (χ2v) is 15.6. The maximum absolute atomic E-state index is 14.6. The van der Waals surface area contributed by atoms with Crippen molar-refractivity contribution in [3.8, 4) is 81.2 Å². The first-order chi connectivity index (χ1) is 32.0. The first kappa shape index (κ1) is 40.2. The highest BCUT2D eigenvalue weighted by Gasteiger charge is 2.32. The van der Waals surface area contributed by atoms with Crippen molar-refractivity contribution in [2.45, 2.75) is 6.18 Å². The van der Waals surface area contributed by atoms with Crippen LogP contribution in [0.2, 0.25) is 0 Å². The Morgan fingerprint density at radius 3 is 1.29 bits per heavy atom.